The van der Waals surface area contributed by atoms with Gasteiger partial charge in [0.2, 0.25) is 8.32 Å². The molecule has 0 aromatic rings. The summed E-state index contributed by atoms with van der Waals surface area (Å²) in [6.07, 6.45) is 6.47. The second kappa shape index (κ2) is 3.83. The van der Waals surface area contributed by atoms with Crippen LogP contribution in [-0.4, -0.2) is 33.0 Å². The largest absolute Gasteiger partial charge is 0.534 e. The molecule has 0 fully saturated rings. The topological polar surface area (TPSA) is 21.6 Å². The summed E-state index contributed by atoms with van der Waals surface area (Å²) in [4.78, 5) is 0. The molecule has 0 bridgehead atoms. The quantitative estimate of drug-likeness (QED) is 0.388. The second-order valence-electron chi connectivity index (χ2n) is 4.60. The van der Waals surface area contributed by atoms with Crippen molar-refractivity contribution in [2.24, 2.45) is 4.40 Å². The zero-order valence-electron chi connectivity index (χ0n) is 9.26. The molecule has 0 unspecified atom stereocenters. The van der Waals surface area contributed by atoms with E-state index in [0.717, 1.165) is 5.90 Å². The predicted molar refractivity (Wildman–Crippen MR) is 62.9 cm³/mol. The van der Waals surface area contributed by atoms with Crippen molar-refractivity contribution in [1.82, 2.24) is 0 Å². The lowest BCUT2D eigenvalue weighted by atomic mass is 10.8. The van der Waals surface area contributed by atoms with Crippen molar-refractivity contribution in [2.75, 3.05) is 18.8 Å². The molecule has 0 amide bonds. The van der Waals surface area contributed by atoms with E-state index in [1.54, 1.807) is 0 Å². The van der Waals surface area contributed by atoms with Gasteiger partial charge in [0.1, 0.15) is 0 Å². The van der Waals surface area contributed by atoms with E-state index in [1.165, 1.54) is 0 Å². The molecule has 74 valence electrons. The third-order valence-corrected chi connectivity index (χ3v) is 2.57. The van der Waals surface area contributed by atoms with E-state index >= 15 is 0 Å². The Hall–Kier alpha value is 0.0369. The van der Waals surface area contributed by atoms with Crippen molar-refractivity contribution in [3.8, 4) is 0 Å². The molecule has 12 heavy (non-hydrogen) atoms. The van der Waals surface area contributed by atoms with Crippen LogP contribution in [0, 0.1) is 0 Å². The van der Waals surface area contributed by atoms with Crippen LogP contribution in [0.25, 0.3) is 0 Å². The highest BCUT2D eigenvalue weighted by molar-refractivity contribution is 8.31. The minimum atomic E-state index is -1.44. The lowest BCUT2D eigenvalue weighted by Crippen LogP contribution is -2.28. The summed E-state index contributed by atoms with van der Waals surface area (Å²) in [5.41, 5.74) is 0. The van der Waals surface area contributed by atoms with E-state index < -0.39 is 18.5 Å². The maximum atomic E-state index is 5.72. The van der Waals surface area contributed by atoms with Gasteiger partial charge in [0.25, 0.3) is 0 Å². The zero-order chi connectivity index (χ0) is 9.99. The first-order valence-electron chi connectivity index (χ1n) is 4.04. The van der Waals surface area contributed by atoms with Gasteiger partial charge in [-0.1, -0.05) is 0 Å². The molecule has 0 aliphatic heterocycles. The average molecular weight is 207 g/mol. The molecule has 0 N–H and O–H groups in total. The Labute approximate surface area is 79.0 Å². The highest BCUT2D eigenvalue weighted by atomic mass is 32.3. The van der Waals surface area contributed by atoms with E-state index in [9.17, 15) is 0 Å². The van der Waals surface area contributed by atoms with Gasteiger partial charge in [-0.3, -0.25) is 0 Å². The van der Waals surface area contributed by atoms with Crippen LogP contribution < -0.4 is 0 Å². The fourth-order valence-electron chi connectivity index (χ4n) is 0.847. The maximum Gasteiger partial charge on any atom is 0.243 e. The average Bonchev–Trinajstić information content (AvgIpc) is 1.49. The summed E-state index contributed by atoms with van der Waals surface area (Å²) < 4.78 is 10.2. The number of hydrogen-bond acceptors (Lipinski definition) is 2. The van der Waals surface area contributed by atoms with Gasteiger partial charge < -0.3 is 4.43 Å². The first-order valence-corrected chi connectivity index (χ1v) is 10.3. The van der Waals surface area contributed by atoms with Crippen molar-refractivity contribution in [2.45, 2.75) is 26.6 Å². The van der Waals surface area contributed by atoms with Crippen molar-refractivity contribution >= 4 is 24.4 Å². The molecule has 0 aromatic carbocycles. The van der Waals surface area contributed by atoms with Crippen LogP contribution in [0.2, 0.25) is 19.6 Å². The number of rotatable bonds is 2. The van der Waals surface area contributed by atoms with E-state index in [1.807, 2.05) is 6.92 Å². The van der Waals surface area contributed by atoms with Crippen LogP contribution in [0.4, 0.5) is 0 Å². The van der Waals surface area contributed by atoms with Gasteiger partial charge in [-0.2, -0.15) is 10.2 Å². The van der Waals surface area contributed by atoms with Crippen molar-refractivity contribution in [3.05, 3.63) is 0 Å². The normalized spacial score (nSPS) is 16.1. The molecule has 0 aromatic heterocycles. The van der Waals surface area contributed by atoms with E-state index in [4.69, 9.17) is 4.43 Å². The molecule has 0 spiro atoms. The molecule has 0 radical (unpaired) electrons. The van der Waals surface area contributed by atoms with Gasteiger partial charge in [0, 0.05) is 6.92 Å². The maximum absolute atomic E-state index is 5.72. The monoisotopic (exact) mass is 207 g/mol. The summed E-state index contributed by atoms with van der Waals surface area (Å²) in [6.45, 7) is 8.47. The minimum Gasteiger partial charge on any atom is -0.534 e. The third-order valence-electron chi connectivity index (χ3n) is 0.856. The van der Waals surface area contributed by atoms with Crippen LogP contribution >= 0.6 is 10.2 Å². The van der Waals surface area contributed by atoms with E-state index in [2.05, 4.69) is 42.8 Å². The van der Waals surface area contributed by atoms with Crippen molar-refractivity contribution in [1.29, 1.82) is 0 Å². The standard InChI is InChI=1S/C8H21NOSSi/c1-8(9-11(2,3)4)10-12(5,6)7/h1-7H3. The molecule has 0 saturated heterocycles. The number of nitrogens with zero attached hydrogens (tertiary/aromatic N) is 1. The summed E-state index contributed by atoms with van der Waals surface area (Å²) in [5.74, 6) is 0.858. The van der Waals surface area contributed by atoms with Crippen LogP contribution in [0.15, 0.2) is 4.40 Å². The highest BCUT2D eigenvalue weighted by Crippen LogP contribution is 2.36. The molecular formula is C8H21NOSSi. The lowest BCUT2D eigenvalue weighted by Gasteiger charge is -2.24. The van der Waals surface area contributed by atoms with Crippen LogP contribution in [-0.2, 0) is 4.43 Å². The predicted octanol–water partition coefficient (Wildman–Crippen LogP) is 2.87. The van der Waals surface area contributed by atoms with Crippen molar-refractivity contribution in [3.63, 3.8) is 0 Å². The molecule has 0 rings (SSSR count). The Morgan fingerprint density at radius 1 is 1.17 bits per heavy atom. The van der Waals surface area contributed by atoms with Gasteiger partial charge >= 0.3 is 0 Å². The van der Waals surface area contributed by atoms with Crippen molar-refractivity contribution < 1.29 is 4.43 Å². The Morgan fingerprint density at radius 3 is 1.83 bits per heavy atom. The second-order valence-corrected chi connectivity index (χ2v) is 12.8. The van der Waals surface area contributed by atoms with E-state index in [-0.39, 0.29) is 0 Å². The molecular weight excluding hydrogens is 186 g/mol. The van der Waals surface area contributed by atoms with Crippen LogP contribution in [0.1, 0.15) is 6.92 Å². The summed E-state index contributed by atoms with van der Waals surface area (Å²) >= 11 is 0. The summed E-state index contributed by atoms with van der Waals surface area (Å²) in [7, 11) is -2.25. The summed E-state index contributed by atoms with van der Waals surface area (Å²) in [5, 5.41) is 0. The Balaban J connectivity index is 4.23. The SMILES string of the molecule is CC(=NS(C)(C)C)O[Si](C)(C)C. The highest BCUT2D eigenvalue weighted by Gasteiger charge is 2.17. The Bertz CT molecular complexity index is 178. The van der Waals surface area contributed by atoms with Crippen LogP contribution in [0.3, 0.4) is 0 Å². The van der Waals surface area contributed by atoms with Gasteiger partial charge in [-0.25, -0.2) is 4.40 Å². The molecule has 2 nitrogen and oxygen atoms in total. The summed E-state index contributed by atoms with van der Waals surface area (Å²) in [6, 6.07) is 0. The fraction of sp³-hybridized carbons (Fsp3) is 0.875. The first-order chi connectivity index (χ1) is 5.10. The molecule has 0 heterocycles. The minimum absolute atomic E-state index is 0.811. The van der Waals surface area contributed by atoms with Crippen LogP contribution in [0.5, 0.6) is 0 Å². The van der Waals surface area contributed by atoms with Gasteiger partial charge in [-0.05, 0) is 38.4 Å². The molecule has 0 saturated carbocycles. The Morgan fingerprint density at radius 2 is 1.58 bits per heavy atom. The fourth-order valence-corrected chi connectivity index (χ4v) is 2.65. The number of hydrogen-bond donors (Lipinski definition) is 0. The smallest absolute Gasteiger partial charge is 0.243 e. The van der Waals surface area contributed by atoms with Gasteiger partial charge in [0.05, 0.1) is 0 Å². The molecule has 0 atom stereocenters. The van der Waals surface area contributed by atoms with E-state index in [0.29, 0.717) is 0 Å². The van der Waals surface area contributed by atoms with Gasteiger partial charge in [0.15, 0.2) is 5.90 Å². The molecule has 4 heteroatoms. The molecule has 0 aliphatic carbocycles. The molecule has 0 aliphatic rings. The Kier molecular flexibility index (Phi) is 3.84. The van der Waals surface area contributed by atoms with Gasteiger partial charge in [-0.15, -0.1) is 0 Å². The first kappa shape index (κ1) is 12.0. The lowest BCUT2D eigenvalue weighted by molar-refractivity contribution is 0.550. The third kappa shape index (κ3) is 8.14. The zero-order valence-corrected chi connectivity index (χ0v) is 11.1.